The Labute approximate surface area is 174 Å². The molecule has 0 radical (unpaired) electrons. The molecule has 0 bridgehead atoms. The molecule has 29 heavy (non-hydrogen) atoms. The first-order valence-electron chi connectivity index (χ1n) is 8.71. The van der Waals surface area contributed by atoms with E-state index in [2.05, 4.69) is 4.98 Å². The number of benzene rings is 2. The highest BCUT2D eigenvalue weighted by Crippen LogP contribution is 2.37. The molecule has 1 amide bonds. The molecule has 4 nitrogen and oxygen atoms in total. The summed E-state index contributed by atoms with van der Waals surface area (Å²) < 4.78 is 41.3. The van der Waals surface area contributed by atoms with Crippen LogP contribution in [-0.4, -0.2) is 26.9 Å². The molecular weight excluding hydrogens is 426 g/mol. The Morgan fingerprint density at radius 1 is 1.03 bits per heavy atom. The quantitative estimate of drug-likeness (QED) is 0.526. The van der Waals surface area contributed by atoms with Crippen LogP contribution in [0.4, 0.5) is 13.2 Å². The lowest BCUT2D eigenvalue weighted by Crippen LogP contribution is -2.38. The van der Waals surface area contributed by atoms with Gasteiger partial charge in [-0.3, -0.25) is 4.79 Å². The van der Waals surface area contributed by atoms with Gasteiger partial charge in [-0.2, -0.15) is 13.2 Å². The summed E-state index contributed by atoms with van der Waals surface area (Å²) in [6, 6.07) is 10.7. The van der Waals surface area contributed by atoms with Gasteiger partial charge in [-0.1, -0.05) is 41.4 Å². The monoisotopic (exact) mass is 439 g/mol. The van der Waals surface area contributed by atoms with Crippen LogP contribution in [-0.2, 0) is 19.3 Å². The minimum absolute atomic E-state index is 0.167. The molecule has 4 rings (SSSR count). The molecule has 0 saturated carbocycles. The standard InChI is InChI=1S/C20H14Cl2F3N3O/c21-13-6-4-12(5-7-13)16-10-26-17-11-27(8-9-28(16)17)19(29)14-2-1-3-15(18(14)22)20(23,24)25/h1-7,10H,8-9,11H2. The number of amides is 1. The highest BCUT2D eigenvalue weighted by Gasteiger charge is 2.35. The van der Waals surface area contributed by atoms with Gasteiger partial charge < -0.3 is 9.47 Å². The summed E-state index contributed by atoms with van der Waals surface area (Å²) in [7, 11) is 0. The molecule has 0 N–H and O–H groups in total. The molecule has 0 spiro atoms. The zero-order valence-corrected chi connectivity index (χ0v) is 16.4. The first-order chi connectivity index (χ1) is 13.8. The third kappa shape index (κ3) is 3.72. The van der Waals surface area contributed by atoms with Gasteiger partial charge in [0.1, 0.15) is 5.82 Å². The van der Waals surface area contributed by atoms with Gasteiger partial charge in [-0.25, -0.2) is 4.98 Å². The minimum atomic E-state index is -4.63. The molecule has 9 heteroatoms. The first-order valence-corrected chi connectivity index (χ1v) is 9.46. The largest absolute Gasteiger partial charge is 0.417 e. The van der Waals surface area contributed by atoms with Crippen molar-refractivity contribution >= 4 is 29.1 Å². The van der Waals surface area contributed by atoms with Crippen molar-refractivity contribution in [2.24, 2.45) is 0 Å². The predicted molar refractivity (Wildman–Crippen MR) is 104 cm³/mol. The number of hydrogen-bond donors (Lipinski definition) is 0. The molecule has 3 aromatic rings. The van der Waals surface area contributed by atoms with Crippen molar-refractivity contribution in [1.29, 1.82) is 0 Å². The number of carbonyl (C=O) groups excluding carboxylic acids is 1. The Morgan fingerprint density at radius 3 is 2.45 bits per heavy atom. The first kappa shape index (κ1) is 19.8. The second kappa shape index (κ2) is 7.39. The van der Waals surface area contributed by atoms with Crippen molar-refractivity contribution in [3.63, 3.8) is 0 Å². The number of fused-ring (bicyclic) bond motifs is 1. The third-order valence-corrected chi connectivity index (χ3v) is 5.48. The van der Waals surface area contributed by atoms with Crippen LogP contribution in [0.5, 0.6) is 0 Å². The Bertz CT molecular complexity index is 1080. The SMILES string of the molecule is O=C(c1cccc(C(F)(F)F)c1Cl)N1CCn2c(-c3ccc(Cl)cc3)cnc2C1. The van der Waals surface area contributed by atoms with Gasteiger partial charge in [0.05, 0.1) is 34.6 Å². The Hall–Kier alpha value is -2.51. The van der Waals surface area contributed by atoms with Crippen LogP contribution >= 0.6 is 23.2 Å². The fourth-order valence-corrected chi connectivity index (χ4v) is 3.81. The van der Waals surface area contributed by atoms with Crippen molar-refractivity contribution in [2.75, 3.05) is 6.54 Å². The lowest BCUT2D eigenvalue weighted by molar-refractivity contribution is -0.137. The topological polar surface area (TPSA) is 38.1 Å². The number of nitrogens with zero attached hydrogens (tertiary/aromatic N) is 3. The van der Waals surface area contributed by atoms with E-state index in [-0.39, 0.29) is 12.1 Å². The fraction of sp³-hybridized carbons (Fsp3) is 0.200. The zero-order valence-electron chi connectivity index (χ0n) is 14.9. The van der Waals surface area contributed by atoms with E-state index in [1.165, 1.54) is 17.0 Å². The number of aromatic nitrogens is 2. The number of imidazole rings is 1. The average molecular weight is 440 g/mol. The highest BCUT2D eigenvalue weighted by molar-refractivity contribution is 6.34. The van der Waals surface area contributed by atoms with Crippen molar-refractivity contribution in [3.05, 3.63) is 75.7 Å². The van der Waals surface area contributed by atoms with Crippen LogP contribution in [0.1, 0.15) is 21.7 Å². The Morgan fingerprint density at radius 2 is 1.76 bits per heavy atom. The lowest BCUT2D eigenvalue weighted by Gasteiger charge is -2.29. The zero-order chi connectivity index (χ0) is 20.8. The molecule has 0 unspecified atom stereocenters. The molecule has 0 aliphatic carbocycles. The van der Waals surface area contributed by atoms with Crippen LogP contribution in [0, 0.1) is 0 Å². The third-order valence-electron chi connectivity index (χ3n) is 4.83. The molecule has 2 heterocycles. The van der Waals surface area contributed by atoms with Crippen LogP contribution in [0.2, 0.25) is 10.0 Å². The minimum Gasteiger partial charge on any atom is -0.329 e. The molecule has 1 aliphatic rings. The maximum absolute atomic E-state index is 13.1. The second-order valence-corrected chi connectivity index (χ2v) is 7.42. The molecule has 0 atom stereocenters. The molecule has 150 valence electrons. The molecule has 2 aromatic carbocycles. The summed E-state index contributed by atoms with van der Waals surface area (Å²) in [5, 5.41) is 0.0441. The molecule has 0 saturated heterocycles. The second-order valence-electron chi connectivity index (χ2n) is 6.61. The summed E-state index contributed by atoms with van der Waals surface area (Å²) in [4.78, 5) is 18.7. The maximum Gasteiger partial charge on any atom is 0.417 e. The van der Waals surface area contributed by atoms with E-state index in [1.54, 1.807) is 18.3 Å². The number of hydrogen-bond acceptors (Lipinski definition) is 2. The van der Waals surface area contributed by atoms with Gasteiger partial charge in [0.25, 0.3) is 5.91 Å². The molecular formula is C20H14Cl2F3N3O. The number of carbonyl (C=O) groups is 1. The highest BCUT2D eigenvalue weighted by atomic mass is 35.5. The van der Waals surface area contributed by atoms with E-state index in [9.17, 15) is 18.0 Å². The van der Waals surface area contributed by atoms with E-state index in [0.29, 0.717) is 23.9 Å². The maximum atomic E-state index is 13.1. The van der Waals surface area contributed by atoms with Gasteiger partial charge >= 0.3 is 6.18 Å². The van der Waals surface area contributed by atoms with Crippen molar-refractivity contribution in [2.45, 2.75) is 19.3 Å². The summed E-state index contributed by atoms with van der Waals surface area (Å²) in [5.74, 6) is 0.0982. The van der Waals surface area contributed by atoms with Gasteiger partial charge in [0.15, 0.2) is 0 Å². The van der Waals surface area contributed by atoms with Crippen LogP contribution in [0.25, 0.3) is 11.3 Å². The van der Waals surface area contributed by atoms with Crippen LogP contribution in [0.3, 0.4) is 0 Å². The van der Waals surface area contributed by atoms with Gasteiger partial charge in [-0.15, -0.1) is 0 Å². The Balaban J connectivity index is 1.60. The summed E-state index contributed by atoms with van der Waals surface area (Å²) >= 11 is 11.8. The normalized spacial score (nSPS) is 14.0. The van der Waals surface area contributed by atoms with Gasteiger partial charge in [0, 0.05) is 18.1 Å². The number of halogens is 5. The smallest absolute Gasteiger partial charge is 0.329 e. The van der Waals surface area contributed by atoms with Gasteiger partial charge in [0.2, 0.25) is 0 Å². The average Bonchev–Trinajstić information content (AvgIpc) is 3.10. The van der Waals surface area contributed by atoms with E-state index in [0.717, 1.165) is 17.3 Å². The molecule has 0 fully saturated rings. The summed E-state index contributed by atoms with van der Waals surface area (Å²) in [5.41, 5.74) is 0.641. The Kier molecular flexibility index (Phi) is 5.04. The summed E-state index contributed by atoms with van der Waals surface area (Å²) in [6.07, 6.45) is -2.91. The van der Waals surface area contributed by atoms with Gasteiger partial charge in [-0.05, 0) is 29.8 Å². The van der Waals surface area contributed by atoms with E-state index < -0.39 is 22.7 Å². The molecule has 1 aliphatic heterocycles. The van der Waals surface area contributed by atoms with E-state index in [4.69, 9.17) is 23.2 Å². The van der Waals surface area contributed by atoms with Crippen LogP contribution in [0.15, 0.2) is 48.7 Å². The predicted octanol–water partition coefficient (Wildman–Crippen LogP) is 5.53. The van der Waals surface area contributed by atoms with Crippen molar-refractivity contribution in [1.82, 2.24) is 14.5 Å². The van der Waals surface area contributed by atoms with E-state index in [1.807, 2.05) is 16.7 Å². The summed E-state index contributed by atoms with van der Waals surface area (Å²) in [6.45, 7) is 0.976. The number of rotatable bonds is 2. The lowest BCUT2D eigenvalue weighted by atomic mass is 10.1. The number of alkyl halides is 3. The fourth-order valence-electron chi connectivity index (χ4n) is 3.37. The van der Waals surface area contributed by atoms with Crippen molar-refractivity contribution < 1.29 is 18.0 Å². The van der Waals surface area contributed by atoms with Crippen LogP contribution < -0.4 is 0 Å². The van der Waals surface area contributed by atoms with Crippen molar-refractivity contribution in [3.8, 4) is 11.3 Å². The molecule has 1 aromatic heterocycles. The van der Waals surface area contributed by atoms with E-state index >= 15 is 0 Å².